The summed E-state index contributed by atoms with van der Waals surface area (Å²) < 4.78 is 25.2. The molecule has 0 bridgehead atoms. The fraction of sp³-hybridized carbons (Fsp3) is 1.00. The van der Waals surface area contributed by atoms with Gasteiger partial charge in [-0.15, -0.1) is 0 Å². The highest BCUT2D eigenvalue weighted by molar-refractivity contribution is 7.54. The second-order valence-corrected chi connectivity index (χ2v) is 9.70. The molecule has 0 rings (SSSR count). The van der Waals surface area contributed by atoms with Crippen LogP contribution in [0.25, 0.3) is 0 Å². The van der Waals surface area contributed by atoms with Crippen LogP contribution in [0.4, 0.5) is 0 Å². The van der Waals surface area contributed by atoms with Crippen molar-refractivity contribution in [1.82, 2.24) is 4.90 Å². The van der Waals surface area contributed by atoms with Crippen LogP contribution in [0.1, 0.15) is 112 Å². The molecular weight excluding hydrogens is 357 g/mol. The van der Waals surface area contributed by atoms with Crippen LogP contribution >= 0.6 is 7.60 Å². The molecule has 0 aromatic carbocycles. The molecule has 0 N–H and O–H groups in total. The van der Waals surface area contributed by atoms with Crippen molar-refractivity contribution >= 4 is 7.60 Å². The minimum absolute atomic E-state index is 0.0906. The van der Waals surface area contributed by atoms with Crippen LogP contribution in [0, 0.1) is 0 Å². The predicted molar refractivity (Wildman–Crippen MR) is 119 cm³/mol. The van der Waals surface area contributed by atoms with E-state index in [0.717, 1.165) is 25.9 Å². The summed E-state index contributed by atoms with van der Waals surface area (Å²) in [6.07, 6.45) is 14.2. The van der Waals surface area contributed by atoms with Gasteiger partial charge < -0.3 is 9.05 Å². The van der Waals surface area contributed by atoms with E-state index in [9.17, 15) is 4.57 Å². The van der Waals surface area contributed by atoms with Crippen LogP contribution in [0.15, 0.2) is 0 Å². The molecule has 4 nitrogen and oxygen atoms in total. The van der Waals surface area contributed by atoms with Crippen molar-refractivity contribution < 1.29 is 13.6 Å². The lowest BCUT2D eigenvalue weighted by molar-refractivity contribution is 0.152. The molecule has 0 fully saturated rings. The van der Waals surface area contributed by atoms with E-state index in [1.54, 1.807) is 0 Å². The predicted octanol–water partition coefficient (Wildman–Crippen LogP) is 7.62. The lowest BCUT2D eigenvalue weighted by Gasteiger charge is -2.36. The molecule has 0 aliphatic heterocycles. The van der Waals surface area contributed by atoms with Gasteiger partial charge in [-0.05, 0) is 46.2 Å². The number of unbranched alkanes of at least 4 members (excludes halogenated alkanes) is 8. The van der Waals surface area contributed by atoms with Crippen LogP contribution in [-0.2, 0) is 13.6 Å². The molecule has 0 aromatic heterocycles. The van der Waals surface area contributed by atoms with Crippen LogP contribution in [0.2, 0.25) is 0 Å². The van der Waals surface area contributed by atoms with Crippen LogP contribution in [0.5, 0.6) is 0 Å². The van der Waals surface area contributed by atoms with Crippen molar-refractivity contribution in [3.05, 3.63) is 0 Å². The summed E-state index contributed by atoms with van der Waals surface area (Å²) in [6.45, 7) is 13.4. The van der Waals surface area contributed by atoms with Gasteiger partial charge in [0, 0.05) is 0 Å². The van der Waals surface area contributed by atoms with Gasteiger partial charge in [-0.1, -0.05) is 78.6 Å². The molecule has 0 aromatic rings. The standard InChI is InChI=1S/C22H48NO3P/c1-6-11-14-17-20-23(21-18-15-12-7-2)22(19-16-13-8-3)27(24,25-9-4)26-10-5/h22H,6-21H2,1-5H3. The number of rotatable bonds is 20. The number of hydrogen-bond acceptors (Lipinski definition) is 4. The maximum Gasteiger partial charge on any atom is 0.347 e. The molecule has 1 unspecified atom stereocenters. The molecule has 0 aliphatic rings. The second kappa shape index (κ2) is 18.2. The molecule has 27 heavy (non-hydrogen) atoms. The van der Waals surface area contributed by atoms with Crippen molar-refractivity contribution in [2.75, 3.05) is 26.3 Å². The van der Waals surface area contributed by atoms with Crippen LogP contribution in [0.3, 0.4) is 0 Å². The smallest absolute Gasteiger partial charge is 0.308 e. The summed E-state index contributed by atoms with van der Waals surface area (Å²) in [7, 11) is -3.11. The Balaban J connectivity index is 5.24. The third kappa shape index (κ3) is 12.3. The lowest BCUT2D eigenvalue weighted by Crippen LogP contribution is -2.38. The van der Waals surface area contributed by atoms with E-state index in [1.807, 2.05) is 13.8 Å². The van der Waals surface area contributed by atoms with E-state index in [2.05, 4.69) is 25.7 Å². The SMILES string of the molecule is CCCCCCN(CCCCCC)C(CCCCC)P(=O)(OCC)OCC. The molecule has 0 heterocycles. The van der Waals surface area contributed by atoms with Crippen molar-refractivity contribution in [1.29, 1.82) is 0 Å². The van der Waals surface area contributed by atoms with Crippen molar-refractivity contribution in [3.63, 3.8) is 0 Å². The highest BCUT2D eigenvalue weighted by Crippen LogP contribution is 2.56. The van der Waals surface area contributed by atoms with Crippen LogP contribution < -0.4 is 0 Å². The molecule has 0 spiro atoms. The topological polar surface area (TPSA) is 38.8 Å². The van der Waals surface area contributed by atoms with Crippen LogP contribution in [-0.4, -0.2) is 37.0 Å². The van der Waals surface area contributed by atoms with Gasteiger partial charge in [0.25, 0.3) is 0 Å². The van der Waals surface area contributed by atoms with Gasteiger partial charge in [0.1, 0.15) is 5.78 Å². The first-order chi connectivity index (χ1) is 13.1. The first-order valence-corrected chi connectivity index (χ1v) is 13.3. The quantitative estimate of drug-likeness (QED) is 0.154. The Morgan fingerprint density at radius 1 is 0.667 bits per heavy atom. The number of hydrogen-bond donors (Lipinski definition) is 0. The number of nitrogens with zero attached hydrogens (tertiary/aromatic N) is 1. The van der Waals surface area contributed by atoms with E-state index >= 15 is 0 Å². The molecule has 0 saturated heterocycles. The third-order valence-corrected chi connectivity index (χ3v) is 7.62. The Bertz CT molecular complexity index is 343. The Hall–Kier alpha value is 0.110. The minimum atomic E-state index is -3.11. The fourth-order valence-electron chi connectivity index (χ4n) is 3.58. The van der Waals surface area contributed by atoms with E-state index < -0.39 is 7.60 Å². The molecule has 5 heteroatoms. The maximum absolute atomic E-state index is 13.6. The van der Waals surface area contributed by atoms with Gasteiger partial charge in [0.15, 0.2) is 0 Å². The van der Waals surface area contributed by atoms with Crippen molar-refractivity contribution in [3.8, 4) is 0 Å². The zero-order valence-electron chi connectivity index (χ0n) is 19.0. The second-order valence-electron chi connectivity index (χ2n) is 7.51. The fourth-order valence-corrected chi connectivity index (χ4v) is 5.85. The van der Waals surface area contributed by atoms with E-state index in [0.29, 0.717) is 13.2 Å². The van der Waals surface area contributed by atoms with Crippen molar-refractivity contribution in [2.24, 2.45) is 0 Å². The van der Waals surface area contributed by atoms with Crippen molar-refractivity contribution in [2.45, 2.75) is 117 Å². The minimum Gasteiger partial charge on any atom is -0.308 e. The molecule has 0 aliphatic carbocycles. The van der Waals surface area contributed by atoms with Gasteiger partial charge in [0.05, 0.1) is 13.2 Å². The Morgan fingerprint density at radius 3 is 1.52 bits per heavy atom. The Kier molecular flexibility index (Phi) is 18.2. The molecule has 0 radical (unpaired) electrons. The molecule has 1 atom stereocenters. The highest BCUT2D eigenvalue weighted by Gasteiger charge is 2.38. The van der Waals surface area contributed by atoms with Gasteiger partial charge >= 0.3 is 7.60 Å². The summed E-state index contributed by atoms with van der Waals surface area (Å²) in [5.74, 6) is -0.0906. The van der Waals surface area contributed by atoms with Gasteiger partial charge in [-0.25, -0.2) is 0 Å². The Labute approximate surface area is 170 Å². The average molecular weight is 406 g/mol. The molecule has 0 saturated carbocycles. The first-order valence-electron chi connectivity index (χ1n) is 11.7. The summed E-state index contributed by atoms with van der Waals surface area (Å²) in [4.78, 5) is 2.45. The molecule has 0 amide bonds. The lowest BCUT2D eigenvalue weighted by atomic mass is 10.1. The highest BCUT2D eigenvalue weighted by atomic mass is 31.2. The zero-order chi connectivity index (χ0) is 20.4. The summed E-state index contributed by atoms with van der Waals surface area (Å²) in [5.41, 5.74) is 0. The average Bonchev–Trinajstić information content (AvgIpc) is 2.65. The van der Waals surface area contributed by atoms with Gasteiger partial charge in [-0.2, -0.15) is 0 Å². The zero-order valence-corrected chi connectivity index (χ0v) is 19.9. The summed E-state index contributed by atoms with van der Waals surface area (Å²) >= 11 is 0. The third-order valence-electron chi connectivity index (χ3n) is 5.07. The molecular formula is C22H48NO3P. The van der Waals surface area contributed by atoms with Gasteiger partial charge in [0.2, 0.25) is 0 Å². The van der Waals surface area contributed by atoms with E-state index in [1.165, 1.54) is 64.2 Å². The normalized spacial score (nSPS) is 13.4. The van der Waals surface area contributed by atoms with E-state index in [-0.39, 0.29) is 5.78 Å². The maximum atomic E-state index is 13.6. The summed E-state index contributed by atoms with van der Waals surface area (Å²) in [5, 5.41) is 0. The first kappa shape index (κ1) is 27.1. The van der Waals surface area contributed by atoms with Gasteiger partial charge in [-0.3, -0.25) is 9.46 Å². The largest absolute Gasteiger partial charge is 0.347 e. The summed E-state index contributed by atoms with van der Waals surface area (Å²) in [6, 6.07) is 0. The Morgan fingerprint density at radius 2 is 1.11 bits per heavy atom. The monoisotopic (exact) mass is 405 g/mol. The van der Waals surface area contributed by atoms with E-state index in [4.69, 9.17) is 9.05 Å². The molecule has 164 valence electrons.